The summed E-state index contributed by atoms with van der Waals surface area (Å²) in [5.74, 6) is 0.781. The Kier molecular flexibility index (Phi) is 4.34. The molecule has 2 N–H and O–H groups in total. The summed E-state index contributed by atoms with van der Waals surface area (Å²) in [5, 5.41) is 7.23. The van der Waals surface area contributed by atoms with Gasteiger partial charge < -0.3 is 10.6 Å². The van der Waals surface area contributed by atoms with Crippen molar-refractivity contribution in [1.29, 1.82) is 0 Å². The second-order valence-electron chi connectivity index (χ2n) is 5.55. The first-order chi connectivity index (χ1) is 10.2. The molecule has 3 rings (SSSR count). The molecular formula is C15H20N4OS. The molecule has 0 aromatic carbocycles. The van der Waals surface area contributed by atoms with Gasteiger partial charge in [-0.3, -0.25) is 4.79 Å². The van der Waals surface area contributed by atoms with Crippen molar-refractivity contribution in [3.8, 4) is 0 Å². The molecule has 0 atom stereocenters. The third-order valence-corrected chi connectivity index (χ3v) is 4.80. The summed E-state index contributed by atoms with van der Waals surface area (Å²) in [6.07, 6.45) is 7.49. The highest BCUT2D eigenvalue weighted by Crippen LogP contribution is 2.27. The first-order valence-corrected chi connectivity index (χ1v) is 8.28. The fourth-order valence-corrected chi connectivity index (χ4v) is 3.65. The van der Waals surface area contributed by atoms with Gasteiger partial charge in [0.1, 0.15) is 17.0 Å². The summed E-state index contributed by atoms with van der Waals surface area (Å²) < 4.78 is 0. The van der Waals surface area contributed by atoms with Gasteiger partial charge in [0.15, 0.2) is 0 Å². The number of nitrogens with one attached hydrogen (secondary N) is 2. The predicted molar refractivity (Wildman–Crippen MR) is 85.7 cm³/mol. The lowest BCUT2D eigenvalue weighted by Crippen LogP contribution is -2.39. The summed E-state index contributed by atoms with van der Waals surface area (Å²) >= 11 is 1.64. The zero-order chi connectivity index (χ0) is 14.7. The van der Waals surface area contributed by atoms with E-state index in [0.717, 1.165) is 28.9 Å². The molecule has 0 saturated heterocycles. The molecule has 1 amide bonds. The monoisotopic (exact) mass is 304 g/mol. The lowest BCUT2D eigenvalue weighted by molar-refractivity contribution is -0.120. The summed E-state index contributed by atoms with van der Waals surface area (Å²) in [5.41, 5.74) is 0. The van der Waals surface area contributed by atoms with Crippen LogP contribution in [0.3, 0.4) is 0 Å². The Labute approximate surface area is 128 Å². The quantitative estimate of drug-likeness (QED) is 0.911. The van der Waals surface area contributed by atoms with Crippen molar-refractivity contribution in [3.63, 3.8) is 0 Å². The van der Waals surface area contributed by atoms with Crippen LogP contribution in [0.4, 0.5) is 5.82 Å². The van der Waals surface area contributed by atoms with Gasteiger partial charge >= 0.3 is 0 Å². The lowest BCUT2D eigenvalue weighted by Gasteiger charge is -2.22. The van der Waals surface area contributed by atoms with E-state index in [4.69, 9.17) is 0 Å². The van der Waals surface area contributed by atoms with E-state index < -0.39 is 0 Å². The Morgan fingerprint density at radius 3 is 2.95 bits per heavy atom. The summed E-state index contributed by atoms with van der Waals surface area (Å²) in [6.45, 7) is 2.31. The molecule has 0 bridgehead atoms. The summed E-state index contributed by atoms with van der Waals surface area (Å²) in [7, 11) is 0. The van der Waals surface area contributed by atoms with Crippen LogP contribution in [0.5, 0.6) is 0 Å². The average molecular weight is 304 g/mol. The lowest BCUT2D eigenvalue weighted by atomic mass is 9.95. The van der Waals surface area contributed by atoms with Gasteiger partial charge in [-0.1, -0.05) is 19.3 Å². The van der Waals surface area contributed by atoms with Crippen LogP contribution < -0.4 is 10.6 Å². The van der Waals surface area contributed by atoms with Crippen molar-refractivity contribution in [3.05, 3.63) is 17.3 Å². The minimum absolute atomic E-state index is 0.0422. The van der Waals surface area contributed by atoms with Crippen LogP contribution in [0.1, 0.15) is 37.0 Å². The molecule has 112 valence electrons. The largest absolute Gasteiger partial charge is 0.360 e. The maximum atomic E-state index is 12.0. The van der Waals surface area contributed by atoms with Gasteiger partial charge in [-0.2, -0.15) is 0 Å². The van der Waals surface area contributed by atoms with Crippen molar-refractivity contribution < 1.29 is 4.79 Å². The molecule has 1 aliphatic carbocycles. The van der Waals surface area contributed by atoms with E-state index in [9.17, 15) is 4.79 Å². The highest BCUT2D eigenvalue weighted by atomic mass is 32.1. The molecule has 1 fully saturated rings. The van der Waals surface area contributed by atoms with E-state index in [0.29, 0.717) is 6.04 Å². The minimum atomic E-state index is 0.0422. The normalized spacial score (nSPS) is 16.0. The molecule has 0 unspecified atom stereocenters. The molecule has 6 heteroatoms. The molecule has 0 aliphatic heterocycles. The van der Waals surface area contributed by atoms with E-state index in [1.807, 2.05) is 6.92 Å². The third-order valence-electron chi connectivity index (χ3n) is 3.84. The number of thiophene rings is 1. The fourth-order valence-electron chi connectivity index (χ4n) is 2.81. The number of anilines is 1. The molecule has 5 nitrogen and oxygen atoms in total. The van der Waals surface area contributed by atoms with Crippen molar-refractivity contribution in [2.45, 2.75) is 45.1 Å². The van der Waals surface area contributed by atoms with Crippen LogP contribution in [0.25, 0.3) is 10.2 Å². The molecule has 21 heavy (non-hydrogen) atoms. The van der Waals surface area contributed by atoms with Gasteiger partial charge in [0, 0.05) is 10.9 Å². The SMILES string of the molecule is Cc1cc2c(NCC(=O)NC3CCCCC3)ncnc2s1. The highest BCUT2D eigenvalue weighted by molar-refractivity contribution is 7.18. The molecular weight excluding hydrogens is 284 g/mol. The van der Waals surface area contributed by atoms with E-state index >= 15 is 0 Å². The average Bonchev–Trinajstić information content (AvgIpc) is 2.87. The van der Waals surface area contributed by atoms with E-state index in [1.165, 1.54) is 24.1 Å². The number of aryl methyl sites for hydroxylation is 1. The fraction of sp³-hybridized carbons (Fsp3) is 0.533. The molecule has 2 heterocycles. The van der Waals surface area contributed by atoms with Crippen LogP contribution in [-0.4, -0.2) is 28.5 Å². The van der Waals surface area contributed by atoms with E-state index in [2.05, 4.69) is 26.7 Å². The molecule has 1 aliphatic rings. The maximum absolute atomic E-state index is 12.0. The van der Waals surface area contributed by atoms with Crippen molar-refractivity contribution in [2.24, 2.45) is 0 Å². The Bertz CT molecular complexity index is 634. The molecule has 2 aromatic heterocycles. The van der Waals surface area contributed by atoms with E-state index in [1.54, 1.807) is 17.7 Å². The number of nitrogens with zero attached hydrogens (tertiary/aromatic N) is 2. The highest BCUT2D eigenvalue weighted by Gasteiger charge is 2.15. The van der Waals surface area contributed by atoms with Crippen LogP contribution in [0.2, 0.25) is 0 Å². The molecule has 2 aromatic rings. The Hall–Kier alpha value is -1.69. The van der Waals surface area contributed by atoms with Gasteiger partial charge in [-0.15, -0.1) is 11.3 Å². The summed E-state index contributed by atoms with van der Waals surface area (Å²) in [4.78, 5) is 22.7. The first-order valence-electron chi connectivity index (χ1n) is 7.47. The van der Waals surface area contributed by atoms with Crippen LogP contribution in [0, 0.1) is 6.92 Å². The number of fused-ring (bicyclic) bond motifs is 1. The molecule has 0 spiro atoms. The van der Waals surface area contributed by atoms with Gasteiger partial charge in [0.05, 0.1) is 11.9 Å². The van der Waals surface area contributed by atoms with Crippen molar-refractivity contribution in [1.82, 2.24) is 15.3 Å². The number of rotatable bonds is 4. The molecule has 0 radical (unpaired) electrons. The van der Waals surface area contributed by atoms with Gasteiger partial charge in [0.25, 0.3) is 0 Å². The minimum Gasteiger partial charge on any atom is -0.360 e. The number of aromatic nitrogens is 2. The number of amides is 1. The number of carbonyl (C=O) groups excluding carboxylic acids is 1. The summed E-state index contributed by atoms with van der Waals surface area (Å²) in [6, 6.07) is 2.41. The van der Waals surface area contributed by atoms with E-state index in [-0.39, 0.29) is 12.5 Å². The van der Waals surface area contributed by atoms with Crippen LogP contribution in [0.15, 0.2) is 12.4 Å². The zero-order valence-corrected chi connectivity index (χ0v) is 13.0. The number of hydrogen-bond acceptors (Lipinski definition) is 5. The topological polar surface area (TPSA) is 66.9 Å². The van der Waals surface area contributed by atoms with Crippen LogP contribution in [-0.2, 0) is 4.79 Å². The Balaban J connectivity index is 1.59. The van der Waals surface area contributed by atoms with Gasteiger partial charge in [-0.05, 0) is 25.8 Å². The number of carbonyl (C=O) groups is 1. The Morgan fingerprint density at radius 1 is 1.33 bits per heavy atom. The Morgan fingerprint density at radius 2 is 2.14 bits per heavy atom. The van der Waals surface area contributed by atoms with Crippen LogP contribution >= 0.6 is 11.3 Å². The van der Waals surface area contributed by atoms with Crippen molar-refractivity contribution >= 4 is 33.3 Å². The predicted octanol–water partition coefficient (Wildman–Crippen LogP) is 2.86. The first kappa shape index (κ1) is 14.3. The molecule has 1 saturated carbocycles. The maximum Gasteiger partial charge on any atom is 0.239 e. The van der Waals surface area contributed by atoms with Gasteiger partial charge in [0.2, 0.25) is 5.91 Å². The second-order valence-corrected chi connectivity index (χ2v) is 6.79. The van der Waals surface area contributed by atoms with Crippen molar-refractivity contribution in [2.75, 3.05) is 11.9 Å². The second kappa shape index (κ2) is 6.39. The zero-order valence-electron chi connectivity index (χ0n) is 12.2. The third kappa shape index (κ3) is 3.50. The number of hydrogen-bond donors (Lipinski definition) is 2. The van der Waals surface area contributed by atoms with Gasteiger partial charge in [-0.25, -0.2) is 9.97 Å². The standard InChI is InChI=1S/C15H20N4OS/c1-10-7-12-14(17-9-18-15(12)21-10)16-8-13(20)19-11-5-3-2-4-6-11/h7,9,11H,2-6,8H2,1H3,(H,19,20)(H,16,17,18). The smallest absolute Gasteiger partial charge is 0.239 e.